The highest BCUT2D eigenvalue weighted by atomic mass is 15.1. The van der Waals surface area contributed by atoms with Crippen LogP contribution in [0.5, 0.6) is 0 Å². The molecule has 1 aromatic heterocycles. The monoisotopic (exact) mass is 261 g/mol. The van der Waals surface area contributed by atoms with Crippen LogP contribution in [0.15, 0.2) is 18.2 Å². The minimum absolute atomic E-state index is 0.891. The molecule has 0 atom stereocenters. The Morgan fingerprint density at radius 1 is 1.11 bits per heavy atom. The van der Waals surface area contributed by atoms with Gasteiger partial charge in [0.25, 0.3) is 0 Å². The smallest absolute Gasteiger partial charge is 0.0547 e. The fourth-order valence-electron chi connectivity index (χ4n) is 2.63. The Hall–Kier alpha value is -0.930. The van der Waals surface area contributed by atoms with Gasteiger partial charge in [-0.05, 0) is 51.0 Å². The minimum Gasteiger partial charge on any atom is -0.311 e. The standard InChI is InChI=1S/C16H27N3/c1-2-10-17-13-15-8-7-9-16(18-15)14-19-11-5-3-4-6-12-19/h7-9,17H,2-6,10-14H2,1H3. The molecular weight excluding hydrogens is 234 g/mol. The molecule has 0 aromatic carbocycles. The van der Waals surface area contributed by atoms with Crippen molar-refractivity contribution in [2.45, 2.75) is 52.1 Å². The average molecular weight is 261 g/mol. The van der Waals surface area contributed by atoms with Crippen LogP contribution in [-0.2, 0) is 13.1 Å². The average Bonchev–Trinajstić information content (AvgIpc) is 2.68. The molecule has 0 aliphatic carbocycles. The Bertz CT molecular complexity index is 357. The summed E-state index contributed by atoms with van der Waals surface area (Å²) in [5, 5.41) is 3.42. The third-order valence-electron chi connectivity index (χ3n) is 3.68. The van der Waals surface area contributed by atoms with Crippen LogP contribution in [0.4, 0.5) is 0 Å². The van der Waals surface area contributed by atoms with Gasteiger partial charge >= 0.3 is 0 Å². The van der Waals surface area contributed by atoms with E-state index in [1.807, 2.05) is 0 Å². The molecule has 1 aliphatic heterocycles. The number of pyridine rings is 1. The fourth-order valence-corrected chi connectivity index (χ4v) is 2.63. The first-order valence-corrected chi connectivity index (χ1v) is 7.76. The van der Waals surface area contributed by atoms with Gasteiger partial charge in [0.15, 0.2) is 0 Å². The molecule has 3 heteroatoms. The lowest BCUT2D eigenvalue weighted by atomic mass is 10.2. The topological polar surface area (TPSA) is 28.2 Å². The van der Waals surface area contributed by atoms with Crippen molar-refractivity contribution in [3.05, 3.63) is 29.6 Å². The van der Waals surface area contributed by atoms with Crippen LogP contribution in [-0.4, -0.2) is 29.5 Å². The van der Waals surface area contributed by atoms with Crippen molar-refractivity contribution in [2.75, 3.05) is 19.6 Å². The Balaban J connectivity index is 1.86. The molecule has 2 rings (SSSR count). The summed E-state index contributed by atoms with van der Waals surface area (Å²) < 4.78 is 0. The van der Waals surface area contributed by atoms with Crippen LogP contribution >= 0.6 is 0 Å². The number of hydrogen-bond acceptors (Lipinski definition) is 3. The van der Waals surface area contributed by atoms with E-state index in [0.717, 1.165) is 19.6 Å². The van der Waals surface area contributed by atoms with E-state index in [1.54, 1.807) is 0 Å². The molecule has 0 saturated carbocycles. The van der Waals surface area contributed by atoms with E-state index >= 15 is 0 Å². The molecule has 0 radical (unpaired) electrons. The molecule has 1 aromatic rings. The quantitative estimate of drug-likeness (QED) is 0.798. The molecule has 106 valence electrons. The summed E-state index contributed by atoms with van der Waals surface area (Å²) in [5.41, 5.74) is 2.39. The van der Waals surface area contributed by atoms with Gasteiger partial charge in [-0.1, -0.05) is 25.8 Å². The maximum absolute atomic E-state index is 4.77. The summed E-state index contributed by atoms with van der Waals surface area (Å²) >= 11 is 0. The van der Waals surface area contributed by atoms with Gasteiger partial charge in [0, 0.05) is 13.1 Å². The molecular formula is C16H27N3. The van der Waals surface area contributed by atoms with Crippen molar-refractivity contribution in [1.82, 2.24) is 15.2 Å². The summed E-state index contributed by atoms with van der Waals surface area (Å²) in [6, 6.07) is 6.42. The van der Waals surface area contributed by atoms with Crippen LogP contribution in [0.1, 0.15) is 50.4 Å². The van der Waals surface area contributed by atoms with E-state index < -0.39 is 0 Å². The normalized spacial score (nSPS) is 17.3. The van der Waals surface area contributed by atoms with Gasteiger partial charge in [0.05, 0.1) is 11.4 Å². The molecule has 1 aliphatic rings. The highest BCUT2D eigenvalue weighted by Gasteiger charge is 2.10. The van der Waals surface area contributed by atoms with Crippen molar-refractivity contribution >= 4 is 0 Å². The van der Waals surface area contributed by atoms with Gasteiger partial charge in [-0.3, -0.25) is 9.88 Å². The lowest BCUT2D eigenvalue weighted by Crippen LogP contribution is -2.25. The maximum Gasteiger partial charge on any atom is 0.0547 e. The molecule has 19 heavy (non-hydrogen) atoms. The van der Waals surface area contributed by atoms with Gasteiger partial charge in [-0.15, -0.1) is 0 Å². The van der Waals surface area contributed by atoms with Crippen molar-refractivity contribution in [1.29, 1.82) is 0 Å². The molecule has 0 bridgehead atoms. The summed E-state index contributed by atoms with van der Waals surface area (Å²) in [5.74, 6) is 0. The minimum atomic E-state index is 0.891. The zero-order valence-electron chi connectivity index (χ0n) is 12.2. The van der Waals surface area contributed by atoms with Crippen LogP contribution in [0, 0.1) is 0 Å². The third-order valence-corrected chi connectivity index (χ3v) is 3.68. The number of rotatable bonds is 6. The predicted octanol–water partition coefficient (Wildman–Crippen LogP) is 2.96. The van der Waals surface area contributed by atoms with Crippen LogP contribution < -0.4 is 5.32 Å². The SMILES string of the molecule is CCCNCc1cccc(CN2CCCCCC2)n1. The highest BCUT2D eigenvalue weighted by Crippen LogP contribution is 2.12. The summed E-state index contributed by atoms with van der Waals surface area (Å²) in [7, 11) is 0. The molecule has 0 amide bonds. The molecule has 0 spiro atoms. The lowest BCUT2D eigenvalue weighted by Gasteiger charge is -2.19. The fraction of sp³-hybridized carbons (Fsp3) is 0.688. The van der Waals surface area contributed by atoms with E-state index in [2.05, 4.69) is 35.3 Å². The van der Waals surface area contributed by atoms with E-state index in [-0.39, 0.29) is 0 Å². The number of likely N-dealkylation sites (tertiary alicyclic amines) is 1. The zero-order valence-corrected chi connectivity index (χ0v) is 12.2. The zero-order chi connectivity index (χ0) is 13.3. The first-order valence-electron chi connectivity index (χ1n) is 7.76. The van der Waals surface area contributed by atoms with E-state index in [1.165, 1.54) is 56.6 Å². The summed E-state index contributed by atoms with van der Waals surface area (Å²) in [6.07, 6.45) is 6.65. The van der Waals surface area contributed by atoms with Crippen LogP contribution in [0.25, 0.3) is 0 Å². The van der Waals surface area contributed by atoms with Crippen molar-refractivity contribution in [2.24, 2.45) is 0 Å². The highest BCUT2D eigenvalue weighted by molar-refractivity contribution is 5.11. The van der Waals surface area contributed by atoms with Crippen LogP contribution in [0.2, 0.25) is 0 Å². The van der Waals surface area contributed by atoms with E-state index in [4.69, 9.17) is 4.98 Å². The molecule has 1 N–H and O–H groups in total. The van der Waals surface area contributed by atoms with Gasteiger partial charge in [-0.25, -0.2) is 0 Å². The van der Waals surface area contributed by atoms with E-state index in [0.29, 0.717) is 0 Å². The first kappa shape index (κ1) is 14.5. The molecule has 1 saturated heterocycles. The number of aromatic nitrogens is 1. The Morgan fingerprint density at radius 3 is 2.58 bits per heavy atom. The lowest BCUT2D eigenvalue weighted by molar-refractivity contribution is 0.273. The summed E-state index contributed by atoms with van der Waals surface area (Å²) in [4.78, 5) is 7.32. The predicted molar refractivity (Wildman–Crippen MR) is 80.0 cm³/mol. The van der Waals surface area contributed by atoms with Gasteiger partial charge < -0.3 is 5.32 Å². The van der Waals surface area contributed by atoms with Crippen LogP contribution in [0.3, 0.4) is 0 Å². The number of nitrogens with one attached hydrogen (secondary N) is 1. The Kier molecular flexibility index (Phi) is 6.31. The molecule has 3 nitrogen and oxygen atoms in total. The first-order chi connectivity index (χ1) is 9.38. The van der Waals surface area contributed by atoms with Gasteiger partial charge in [-0.2, -0.15) is 0 Å². The number of hydrogen-bond donors (Lipinski definition) is 1. The van der Waals surface area contributed by atoms with Crippen molar-refractivity contribution in [3.63, 3.8) is 0 Å². The molecule has 1 fully saturated rings. The molecule has 2 heterocycles. The second kappa shape index (κ2) is 8.28. The van der Waals surface area contributed by atoms with E-state index in [9.17, 15) is 0 Å². The molecule has 0 unspecified atom stereocenters. The largest absolute Gasteiger partial charge is 0.311 e. The van der Waals surface area contributed by atoms with Gasteiger partial charge in [0.1, 0.15) is 0 Å². The summed E-state index contributed by atoms with van der Waals surface area (Å²) in [6.45, 7) is 7.64. The Morgan fingerprint density at radius 2 is 1.84 bits per heavy atom. The van der Waals surface area contributed by atoms with Crippen molar-refractivity contribution in [3.8, 4) is 0 Å². The van der Waals surface area contributed by atoms with Crippen molar-refractivity contribution < 1.29 is 0 Å². The third kappa shape index (κ3) is 5.29. The maximum atomic E-state index is 4.77. The second-order valence-corrected chi connectivity index (χ2v) is 5.49. The Labute approximate surface area is 117 Å². The van der Waals surface area contributed by atoms with Gasteiger partial charge in [0.2, 0.25) is 0 Å². The number of nitrogens with zero attached hydrogens (tertiary/aromatic N) is 2. The second-order valence-electron chi connectivity index (χ2n) is 5.49.